The lowest BCUT2D eigenvalue weighted by Crippen LogP contribution is -2.41. The summed E-state index contributed by atoms with van der Waals surface area (Å²) in [7, 11) is 1.33. The molecule has 0 aliphatic rings. The zero-order chi connectivity index (χ0) is 15.8. The van der Waals surface area contributed by atoms with Crippen LogP contribution in [-0.2, 0) is 20.9 Å². The Morgan fingerprint density at radius 2 is 1.86 bits per heavy atom. The highest BCUT2D eigenvalue weighted by atomic mass is 16.5. The van der Waals surface area contributed by atoms with Crippen LogP contribution in [0.25, 0.3) is 0 Å². The maximum atomic E-state index is 12.0. The summed E-state index contributed by atoms with van der Waals surface area (Å²) in [6.07, 6.45) is 0. The minimum atomic E-state index is -0.358. The minimum absolute atomic E-state index is 0.0643. The van der Waals surface area contributed by atoms with E-state index in [0.29, 0.717) is 12.2 Å². The number of nitrogens with one attached hydrogen (secondary N) is 1. The number of hydrogen-bond acceptors (Lipinski definition) is 5. The molecule has 0 saturated heterocycles. The fourth-order valence-corrected chi connectivity index (χ4v) is 1.76. The fourth-order valence-electron chi connectivity index (χ4n) is 1.76. The van der Waals surface area contributed by atoms with Gasteiger partial charge in [-0.3, -0.25) is 14.5 Å². The number of hydrogen-bond donors (Lipinski definition) is 2. The van der Waals surface area contributed by atoms with E-state index in [9.17, 15) is 9.59 Å². The smallest absolute Gasteiger partial charge is 0.319 e. The Kier molecular flexibility index (Phi) is 6.84. The van der Waals surface area contributed by atoms with Crippen molar-refractivity contribution in [2.24, 2.45) is 5.73 Å². The van der Waals surface area contributed by atoms with Crippen LogP contribution in [0.2, 0.25) is 0 Å². The Morgan fingerprint density at radius 3 is 2.33 bits per heavy atom. The average molecular weight is 293 g/mol. The van der Waals surface area contributed by atoms with E-state index in [2.05, 4.69) is 10.1 Å². The number of rotatable bonds is 7. The summed E-state index contributed by atoms with van der Waals surface area (Å²) in [4.78, 5) is 25.1. The van der Waals surface area contributed by atoms with Gasteiger partial charge in [-0.25, -0.2) is 0 Å². The molecule has 1 rings (SSSR count). The van der Waals surface area contributed by atoms with Crippen LogP contribution in [0, 0.1) is 0 Å². The van der Waals surface area contributed by atoms with E-state index in [-0.39, 0.29) is 31.0 Å². The van der Waals surface area contributed by atoms with Crippen LogP contribution in [0.1, 0.15) is 19.4 Å². The highest BCUT2D eigenvalue weighted by Gasteiger charge is 2.17. The lowest BCUT2D eigenvalue weighted by molar-refractivity contribution is -0.142. The fraction of sp³-hybridized carbons (Fsp3) is 0.467. The van der Waals surface area contributed by atoms with Crippen LogP contribution < -0.4 is 11.1 Å². The van der Waals surface area contributed by atoms with Gasteiger partial charge in [0.15, 0.2) is 0 Å². The number of amides is 1. The van der Waals surface area contributed by atoms with Gasteiger partial charge >= 0.3 is 5.97 Å². The first kappa shape index (κ1) is 17.1. The molecule has 0 aliphatic heterocycles. The van der Waals surface area contributed by atoms with Gasteiger partial charge in [0.2, 0.25) is 5.91 Å². The summed E-state index contributed by atoms with van der Waals surface area (Å²) in [5.41, 5.74) is 7.23. The molecule has 1 amide bonds. The highest BCUT2D eigenvalue weighted by molar-refractivity contribution is 5.92. The summed E-state index contributed by atoms with van der Waals surface area (Å²) in [5, 5.41) is 2.80. The molecule has 1 aromatic rings. The zero-order valence-corrected chi connectivity index (χ0v) is 12.8. The predicted molar refractivity (Wildman–Crippen MR) is 81.7 cm³/mol. The maximum absolute atomic E-state index is 12.0. The van der Waals surface area contributed by atoms with Crippen LogP contribution in [0.15, 0.2) is 24.3 Å². The molecular formula is C15H23N3O3. The Labute approximate surface area is 125 Å². The summed E-state index contributed by atoms with van der Waals surface area (Å²) >= 11 is 0. The molecule has 0 aliphatic carbocycles. The molecule has 1 aromatic carbocycles. The number of methoxy groups -OCH3 is 1. The predicted octanol–water partition coefficient (Wildman–Crippen LogP) is 0.967. The topological polar surface area (TPSA) is 84.7 Å². The van der Waals surface area contributed by atoms with Crippen LogP contribution in [0.4, 0.5) is 5.69 Å². The van der Waals surface area contributed by atoms with Gasteiger partial charge in [-0.05, 0) is 31.5 Å². The van der Waals surface area contributed by atoms with Crippen molar-refractivity contribution in [3.63, 3.8) is 0 Å². The number of nitrogens with two attached hydrogens (primary N) is 1. The first-order valence-electron chi connectivity index (χ1n) is 6.86. The molecule has 0 bridgehead atoms. The van der Waals surface area contributed by atoms with Crippen LogP contribution in [0.3, 0.4) is 0 Å². The Morgan fingerprint density at radius 1 is 1.24 bits per heavy atom. The average Bonchev–Trinajstić information content (AvgIpc) is 2.47. The van der Waals surface area contributed by atoms with Crippen LogP contribution in [0.5, 0.6) is 0 Å². The number of ether oxygens (including phenoxy) is 1. The molecule has 0 fully saturated rings. The number of carbonyl (C=O) groups is 2. The molecular weight excluding hydrogens is 270 g/mol. The van der Waals surface area contributed by atoms with Crippen molar-refractivity contribution in [2.75, 3.05) is 25.5 Å². The van der Waals surface area contributed by atoms with Crippen molar-refractivity contribution in [3.05, 3.63) is 29.8 Å². The SMILES string of the molecule is COC(=O)CN(CC(=O)Nc1ccc(CN)cc1)C(C)C. The monoisotopic (exact) mass is 293 g/mol. The van der Waals surface area contributed by atoms with E-state index < -0.39 is 0 Å². The van der Waals surface area contributed by atoms with Gasteiger partial charge in [0.05, 0.1) is 20.2 Å². The molecule has 116 valence electrons. The van der Waals surface area contributed by atoms with Crippen LogP contribution >= 0.6 is 0 Å². The summed E-state index contributed by atoms with van der Waals surface area (Å²) in [6, 6.07) is 7.41. The Hall–Kier alpha value is -1.92. The maximum Gasteiger partial charge on any atom is 0.319 e. The Balaban J connectivity index is 2.58. The molecule has 0 spiro atoms. The van der Waals surface area contributed by atoms with E-state index >= 15 is 0 Å². The first-order chi connectivity index (χ1) is 9.96. The van der Waals surface area contributed by atoms with Gasteiger partial charge in [0, 0.05) is 18.3 Å². The molecule has 0 atom stereocenters. The molecule has 6 nitrogen and oxygen atoms in total. The molecule has 0 unspecified atom stereocenters. The molecule has 0 radical (unpaired) electrons. The molecule has 0 aromatic heterocycles. The second kappa shape index (κ2) is 8.39. The lowest BCUT2D eigenvalue weighted by Gasteiger charge is -2.24. The molecule has 0 saturated carbocycles. The largest absolute Gasteiger partial charge is 0.468 e. The van der Waals surface area contributed by atoms with Crippen molar-refractivity contribution in [1.29, 1.82) is 0 Å². The third-order valence-corrected chi connectivity index (χ3v) is 3.11. The summed E-state index contributed by atoms with van der Waals surface area (Å²) in [6.45, 7) is 4.53. The number of carbonyl (C=O) groups excluding carboxylic acids is 2. The quantitative estimate of drug-likeness (QED) is 0.732. The molecule has 0 heterocycles. The van der Waals surface area contributed by atoms with Crippen molar-refractivity contribution in [3.8, 4) is 0 Å². The highest BCUT2D eigenvalue weighted by Crippen LogP contribution is 2.09. The second-order valence-corrected chi connectivity index (χ2v) is 5.02. The molecule has 21 heavy (non-hydrogen) atoms. The number of esters is 1. The Bertz CT molecular complexity index is 472. The summed E-state index contributed by atoms with van der Waals surface area (Å²) in [5.74, 6) is -0.531. The van der Waals surface area contributed by atoms with Gasteiger partial charge < -0.3 is 15.8 Å². The minimum Gasteiger partial charge on any atom is -0.468 e. The van der Waals surface area contributed by atoms with Crippen molar-refractivity contribution >= 4 is 17.6 Å². The van der Waals surface area contributed by atoms with E-state index in [0.717, 1.165) is 5.56 Å². The van der Waals surface area contributed by atoms with E-state index in [1.165, 1.54) is 7.11 Å². The third-order valence-electron chi connectivity index (χ3n) is 3.11. The van der Waals surface area contributed by atoms with Gasteiger partial charge in [-0.1, -0.05) is 12.1 Å². The zero-order valence-electron chi connectivity index (χ0n) is 12.8. The summed E-state index contributed by atoms with van der Waals surface area (Å²) < 4.78 is 4.63. The van der Waals surface area contributed by atoms with E-state index in [1.54, 1.807) is 17.0 Å². The van der Waals surface area contributed by atoms with Crippen molar-refractivity contribution < 1.29 is 14.3 Å². The van der Waals surface area contributed by atoms with Crippen molar-refractivity contribution in [2.45, 2.75) is 26.4 Å². The first-order valence-corrected chi connectivity index (χ1v) is 6.86. The van der Waals surface area contributed by atoms with Gasteiger partial charge in [-0.15, -0.1) is 0 Å². The van der Waals surface area contributed by atoms with E-state index in [4.69, 9.17) is 5.73 Å². The van der Waals surface area contributed by atoms with Gasteiger partial charge in [0.25, 0.3) is 0 Å². The van der Waals surface area contributed by atoms with Gasteiger partial charge in [0.1, 0.15) is 0 Å². The van der Waals surface area contributed by atoms with Gasteiger partial charge in [-0.2, -0.15) is 0 Å². The standard InChI is InChI=1S/C15H23N3O3/c1-11(2)18(10-15(20)21-3)9-14(19)17-13-6-4-12(8-16)5-7-13/h4-7,11H,8-10,16H2,1-3H3,(H,17,19). The lowest BCUT2D eigenvalue weighted by atomic mass is 10.2. The number of anilines is 1. The van der Waals surface area contributed by atoms with Crippen molar-refractivity contribution in [1.82, 2.24) is 4.90 Å². The molecule has 3 N–H and O–H groups in total. The van der Waals surface area contributed by atoms with E-state index in [1.807, 2.05) is 26.0 Å². The number of benzene rings is 1. The molecule has 6 heteroatoms. The van der Waals surface area contributed by atoms with Crippen LogP contribution in [-0.4, -0.2) is 43.0 Å². The number of nitrogens with zero attached hydrogens (tertiary/aromatic N) is 1. The second-order valence-electron chi connectivity index (χ2n) is 5.02. The normalized spacial score (nSPS) is 10.8. The third kappa shape index (κ3) is 5.93.